The van der Waals surface area contributed by atoms with Crippen molar-refractivity contribution in [2.24, 2.45) is 0 Å². The van der Waals surface area contributed by atoms with Crippen LogP contribution in [0.4, 0.5) is 0 Å². The zero-order valence-corrected chi connectivity index (χ0v) is 10.8. The van der Waals surface area contributed by atoms with Crippen LogP contribution in [0.3, 0.4) is 0 Å². The van der Waals surface area contributed by atoms with E-state index in [-0.39, 0.29) is 6.42 Å². The highest BCUT2D eigenvalue weighted by molar-refractivity contribution is 5.73. The van der Waals surface area contributed by atoms with E-state index in [9.17, 15) is 9.59 Å². The Bertz CT molecular complexity index is 431. The van der Waals surface area contributed by atoms with Crippen LogP contribution in [0.15, 0.2) is 18.3 Å². The minimum Gasteiger partial charge on any atom is -0.426 e. The maximum atomic E-state index is 11.6. The molecule has 1 aromatic rings. The fourth-order valence-corrected chi connectivity index (χ4v) is 1.48. The van der Waals surface area contributed by atoms with E-state index >= 15 is 0 Å². The predicted octanol–water partition coefficient (Wildman–Crippen LogP) is 1.64. The van der Waals surface area contributed by atoms with Crippen LogP contribution in [0.1, 0.15) is 32.0 Å². The first-order valence-electron chi connectivity index (χ1n) is 5.81. The van der Waals surface area contributed by atoms with Crippen molar-refractivity contribution >= 4 is 11.9 Å². The maximum Gasteiger partial charge on any atom is 0.313 e. The summed E-state index contributed by atoms with van der Waals surface area (Å²) in [5.41, 5.74) is 1.76. The van der Waals surface area contributed by atoms with Gasteiger partial charge in [0.25, 0.3) is 0 Å². The van der Waals surface area contributed by atoms with Crippen LogP contribution in [0.5, 0.6) is 0 Å². The number of aryl methyl sites for hydroxylation is 1. The number of nitrogens with zero attached hydrogens (tertiary/aromatic N) is 1. The first-order chi connectivity index (χ1) is 8.51. The SMILES string of the molecule is CCc1cc(CC(=O)OC(C)OC(C)=O)ccn1. The molecule has 0 radical (unpaired) electrons. The van der Waals surface area contributed by atoms with Gasteiger partial charge in [-0.25, -0.2) is 0 Å². The van der Waals surface area contributed by atoms with Crippen LogP contribution in [0, 0.1) is 0 Å². The zero-order valence-electron chi connectivity index (χ0n) is 10.8. The van der Waals surface area contributed by atoms with Gasteiger partial charge in [0.1, 0.15) is 0 Å². The third-order valence-electron chi connectivity index (χ3n) is 2.22. The smallest absolute Gasteiger partial charge is 0.313 e. The molecule has 0 aliphatic rings. The van der Waals surface area contributed by atoms with Gasteiger partial charge in [0.05, 0.1) is 6.42 Å². The lowest BCUT2D eigenvalue weighted by Crippen LogP contribution is -2.21. The van der Waals surface area contributed by atoms with Gasteiger partial charge in [0.2, 0.25) is 6.29 Å². The van der Waals surface area contributed by atoms with Crippen LogP contribution in [0.25, 0.3) is 0 Å². The van der Waals surface area contributed by atoms with Gasteiger partial charge in [0, 0.05) is 25.7 Å². The van der Waals surface area contributed by atoms with Crippen LogP contribution >= 0.6 is 0 Å². The van der Waals surface area contributed by atoms with Crippen molar-refractivity contribution in [1.82, 2.24) is 4.98 Å². The van der Waals surface area contributed by atoms with Gasteiger partial charge in [0.15, 0.2) is 0 Å². The van der Waals surface area contributed by atoms with E-state index in [1.54, 1.807) is 12.3 Å². The largest absolute Gasteiger partial charge is 0.426 e. The van der Waals surface area contributed by atoms with E-state index in [4.69, 9.17) is 9.47 Å². The summed E-state index contributed by atoms with van der Waals surface area (Å²) in [6.07, 6.45) is 1.76. The lowest BCUT2D eigenvalue weighted by molar-refractivity contribution is -0.182. The standard InChI is InChI=1S/C13H17NO4/c1-4-12-7-11(5-6-14-12)8-13(16)18-10(3)17-9(2)15/h5-7,10H,4,8H2,1-3H3. The molecule has 0 bridgehead atoms. The quantitative estimate of drug-likeness (QED) is 0.588. The number of aromatic nitrogens is 1. The maximum absolute atomic E-state index is 11.6. The summed E-state index contributed by atoms with van der Waals surface area (Å²) in [4.78, 5) is 26.4. The fraction of sp³-hybridized carbons (Fsp3) is 0.462. The number of ether oxygens (including phenoxy) is 2. The summed E-state index contributed by atoms with van der Waals surface area (Å²) in [6, 6.07) is 3.62. The fourth-order valence-electron chi connectivity index (χ4n) is 1.48. The third-order valence-corrected chi connectivity index (χ3v) is 2.22. The van der Waals surface area contributed by atoms with E-state index in [1.165, 1.54) is 13.8 Å². The zero-order chi connectivity index (χ0) is 13.5. The molecule has 1 unspecified atom stereocenters. The average Bonchev–Trinajstić information content (AvgIpc) is 2.27. The number of pyridine rings is 1. The van der Waals surface area contributed by atoms with Crippen LogP contribution < -0.4 is 0 Å². The second kappa shape index (κ2) is 6.74. The van der Waals surface area contributed by atoms with Crippen molar-refractivity contribution in [3.05, 3.63) is 29.6 Å². The van der Waals surface area contributed by atoms with Crippen molar-refractivity contribution in [2.45, 2.75) is 39.9 Å². The lowest BCUT2D eigenvalue weighted by Gasteiger charge is -2.12. The van der Waals surface area contributed by atoms with Gasteiger partial charge >= 0.3 is 11.9 Å². The van der Waals surface area contributed by atoms with Crippen LogP contribution in [-0.2, 0) is 31.9 Å². The van der Waals surface area contributed by atoms with Gasteiger partial charge in [-0.3, -0.25) is 14.6 Å². The van der Waals surface area contributed by atoms with Crippen molar-refractivity contribution in [3.63, 3.8) is 0 Å². The summed E-state index contributed by atoms with van der Waals surface area (Å²) < 4.78 is 9.65. The summed E-state index contributed by atoms with van der Waals surface area (Å²) >= 11 is 0. The van der Waals surface area contributed by atoms with Gasteiger partial charge in [-0.1, -0.05) is 6.92 Å². The highest BCUT2D eigenvalue weighted by Crippen LogP contribution is 2.06. The molecule has 0 amide bonds. The molecule has 1 rings (SSSR count). The summed E-state index contributed by atoms with van der Waals surface area (Å²) in [6.45, 7) is 4.76. The Balaban J connectivity index is 2.51. The topological polar surface area (TPSA) is 65.5 Å². The van der Waals surface area contributed by atoms with E-state index in [0.29, 0.717) is 0 Å². The van der Waals surface area contributed by atoms with Crippen LogP contribution in [0.2, 0.25) is 0 Å². The molecule has 0 aromatic carbocycles. The number of hydrogen-bond acceptors (Lipinski definition) is 5. The predicted molar refractivity (Wildman–Crippen MR) is 64.6 cm³/mol. The molecule has 1 atom stereocenters. The number of esters is 2. The highest BCUT2D eigenvalue weighted by atomic mass is 16.7. The molecule has 0 aliphatic heterocycles. The van der Waals surface area contributed by atoms with E-state index in [0.717, 1.165) is 17.7 Å². The Morgan fingerprint density at radius 2 is 2.11 bits per heavy atom. The Kier molecular flexibility index (Phi) is 5.30. The molecule has 0 saturated heterocycles. The monoisotopic (exact) mass is 251 g/mol. The molecule has 0 aliphatic carbocycles. The molecule has 5 heteroatoms. The Morgan fingerprint density at radius 1 is 1.39 bits per heavy atom. The molecule has 1 aromatic heterocycles. The number of rotatable bonds is 5. The van der Waals surface area contributed by atoms with Gasteiger partial charge in [-0.15, -0.1) is 0 Å². The molecule has 0 spiro atoms. The van der Waals surface area contributed by atoms with E-state index in [2.05, 4.69) is 4.98 Å². The minimum absolute atomic E-state index is 0.140. The van der Waals surface area contributed by atoms with Crippen molar-refractivity contribution in [3.8, 4) is 0 Å². The molecule has 5 nitrogen and oxygen atoms in total. The Labute approximate surface area is 106 Å². The minimum atomic E-state index is -0.859. The molecule has 98 valence electrons. The Morgan fingerprint density at radius 3 is 2.72 bits per heavy atom. The molecular formula is C13H17NO4. The molecule has 18 heavy (non-hydrogen) atoms. The summed E-state index contributed by atoms with van der Waals surface area (Å²) in [7, 11) is 0. The van der Waals surface area contributed by atoms with Gasteiger partial charge < -0.3 is 9.47 Å². The molecule has 0 N–H and O–H groups in total. The normalized spacial score (nSPS) is 11.7. The van der Waals surface area contributed by atoms with Crippen molar-refractivity contribution in [2.75, 3.05) is 0 Å². The lowest BCUT2D eigenvalue weighted by atomic mass is 10.1. The summed E-state index contributed by atoms with van der Waals surface area (Å²) in [5, 5.41) is 0. The van der Waals surface area contributed by atoms with E-state index < -0.39 is 18.2 Å². The van der Waals surface area contributed by atoms with Crippen molar-refractivity contribution < 1.29 is 19.1 Å². The molecule has 1 heterocycles. The third kappa shape index (κ3) is 4.95. The summed E-state index contributed by atoms with van der Waals surface area (Å²) in [5.74, 6) is -0.913. The second-order valence-electron chi connectivity index (χ2n) is 3.85. The molecule has 0 saturated carbocycles. The number of carbonyl (C=O) groups excluding carboxylic acids is 2. The van der Waals surface area contributed by atoms with E-state index in [1.807, 2.05) is 13.0 Å². The van der Waals surface area contributed by atoms with Gasteiger partial charge in [-0.05, 0) is 24.1 Å². The van der Waals surface area contributed by atoms with Crippen molar-refractivity contribution in [1.29, 1.82) is 0 Å². The number of carbonyl (C=O) groups is 2. The first kappa shape index (κ1) is 14.2. The van der Waals surface area contributed by atoms with Gasteiger partial charge in [-0.2, -0.15) is 0 Å². The van der Waals surface area contributed by atoms with Crippen LogP contribution in [-0.4, -0.2) is 23.2 Å². The number of hydrogen-bond donors (Lipinski definition) is 0. The molecular weight excluding hydrogens is 234 g/mol. The Hall–Kier alpha value is -1.91. The second-order valence-corrected chi connectivity index (χ2v) is 3.85. The molecule has 0 fully saturated rings. The average molecular weight is 251 g/mol. The highest BCUT2D eigenvalue weighted by Gasteiger charge is 2.12. The first-order valence-corrected chi connectivity index (χ1v) is 5.81.